The Labute approximate surface area is 118 Å². The number of carbonyl (C=O) groups is 1. The van der Waals surface area contributed by atoms with E-state index in [2.05, 4.69) is 15.3 Å². The predicted octanol–water partition coefficient (Wildman–Crippen LogP) is 2.75. The van der Waals surface area contributed by atoms with Gasteiger partial charge in [0.1, 0.15) is 10.7 Å². The SMILES string of the molecule is CC(N)c1nc(C(=O)Nc2nc(C3CC3)cs2)cs1. The standard InChI is InChI=1S/C12H14N4OS2/c1-6(13)11-14-9(5-18-11)10(17)16-12-15-8(4-19-12)7-2-3-7/h4-7H,2-3,13H2,1H3,(H,15,16,17). The second-order valence-corrected chi connectivity index (χ2v) is 6.41. The molecule has 2 aromatic rings. The maximum absolute atomic E-state index is 12.0. The van der Waals surface area contributed by atoms with Crippen molar-refractivity contribution in [3.05, 3.63) is 27.2 Å². The molecule has 1 aliphatic rings. The number of aromatic nitrogens is 2. The Morgan fingerprint density at radius 2 is 2.21 bits per heavy atom. The molecule has 7 heteroatoms. The highest BCUT2D eigenvalue weighted by atomic mass is 32.1. The number of nitrogens with zero attached hydrogens (tertiary/aromatic N) is 2. The first-order chi connectivity index (χ1) is 9.13. The molecule has 1 fully saturated rings. The van der Waals surface area contributed by atoms with Crippen LogP contribution in [0.4, 0.5) is 5.13 Å². The number of amides is 1. The summed E-state index contributed by atoms with van der Waals surface area (Å²) in [5.74, 6) is 0.380. The van der Waals surface area contributed by atoms with Crippen molar-refractivity contribution in [2.75, 3.05) is 5.32 Å². The Morgan fingerprint density at radius 3 is 2.84 bits per heavy atom. The Morgan fingerprint density at radius 1 is 1.42 bits per heavy atom. The van der Waals surface area contributed by atoms with Crippen molar-refractivity contribution in [2.45, 2.75) is 31.7 Å². The zero-order valence-electron chi connectivity index (χ0n) is 10.4. The summed E-state index contributed by atoms with van der Waals surface area (Å²) >= 11 is 2.86. The highest BCUT2D eigenvalue weighted by molar-refractivity contribution is 7.14. The second-order valence-electron chi connectivity index (χ2n) is 4.67. The Hall–Kier alpha value is -1.31. The molecule has 0 radical (unpaired) electrons. The number of rotatable bonds is 4. The van der Waals surface area contributed by atoms with Crippen molar-refractivity contribution < 1.29 is 4.79 Å². The van der Waals surface area contributed by atoms with Gasteiger partial charge in [0.2, 0.25) is 0 Å². The molecule has 19 heavy (non-hydrogen) atoms. The van der Waals surface area contributed by atoms with Crippen molar-refractivity contribution in [2.24, 2.45) is 5.73 Å². The molecular weight excluding hydrogens is 280 g/mol. The number of carbonyl (C=O) groups excluding carboxylic acids is 1. The van der Waals surface area contributed by atoms with E-state index in [9.17, 15) is 4.79 Å². The summed E-state index contributed by atoms with van der Waals surface area (Å²) in [5, 5.41) is 7.93. The van der Waals surface area contributed by atoms with Gasteiger partial charge in [-0.05, 0) is 19.8 Å². The predicted molar refractivity (Wildman–Crippen MR) is 76.8 cm³/mol. The largest absolute Gasteiger partial charge is 0.322 e. The molecule has 0 aromatic carbocycles. The molecule has 1 amide bonds. The van der Waals surface area contributed by atoms with Crippen LogP contribution in [0, 0.1) is 0 Å². The smallest absolute Gasteiger partial charge is 0.276 e. The van der Waals surface area contributed by atoms with Gasteiger partial charge in [-0.15, -0.1) is 22.7 Å². The van der Waals surface area contributed by atoms with Crippen LogP contribution in [0.5, 0.6) is 0 Å². The average Bonchev–Trinajstić information content (AvgIpc) is 2.92. The summed E-state index contributed by atoms with van der Waals surface area (Å²) in [6.45, 7) is 1.85. The maximum atomic E-state index is 12.0. The van der Waals surface area contributed by atoms with Crippen LogP contribution in [0.25, 0.3) is 0 Å². The second kappa shape index (κ2) is 4.99. The molecule has 2 heterocycles. The Balaban J connectivity index is 1.68. The van der Waals surface area contributed by atoms with E-state index < -0.39 is 0 Å². The van der Waals surface area contributed by atoms with Crippen LogP contribution in [0.2, 0.25) is 0 Å². The lowest BCUT2D eigenvalue weighted by Crippen LogP contribution is -2.13. The lowest BCUT2D eigenvalue weighted by atomic mass is 10.3. The van der Waals surface area contributed by atoms with Gasteiger partial charge in [0.15, 0.2) is 5.13 Å². The molecule has 0 spiro atoms. The summed E-state index contributed by atoms with van der Waals surface area (Å²) in [6, 6.07) is -0.145. The average molecular weight is 294 g/mol. The molecule has 2 aromatic heterocycles. The number of thiazole rings is 2. The Kier molecular flexibility index (Phi) is 3.34. The fourth-order valence-corrected chi connectivity index (χ4v) is 3.22. The summed E-state index contributed by atoms with van der Waals surface area (Å²) in [6.07, 6.45) is 2.42. The third-order valence-corrected chi connectivity index (χ3v) is 4.70. The van der Waals surface area contributed by atoms with E-state index >= 15 is 0 Å². The van der Waals surface area contributed by atoms with E-state index in [1.807, 2.05) is 12.3 Å². The van der Waals surface area contributed by atoms with E-state index in [0.717, 1.165) is 10.7 Å². The molecule has 1 aliphatic carbocycles. The van der Waals surface area contributed by atoms with E-state index in [-0.39, 0.29) is 11.9 Å². The summed E-state index contributed by atoms with van der Waals surface area (Å²) < 4.78 is 0. The van der Waals surface area contributed by atoms with Crippen LogP contribution >= 0.6 is 22.7 Å². The molecule has 0 bridgehead atoms. The van der Waals surface area contributed by atoms with Crippen LogP contribution in [0.1, 0.15) is 52.9 Å². The highest BCUT2D eigenvalue weighted by Gasteiger charge is 2.26. The highest BCUT2D eigenvalue weighted by Crippen LogP contribution is 2.40. The monoisotopic (exact) mass is 294 g/mol. The van der Waals surface area contributed by atoms with Gasteiger partial charge in [-0.2, -0.15) is 0 Å². The van der Waals surface area contributed by atoms with Crippen LogP contribution in [0.3, 0.4) is 0 Å². The minimum absolute atomic E-state index is 0.145. The van der Waals surface area contributed by atoms with Gasteiger partial charge in [-0.3, -0.25) is 10.1 Å². The fourth-order valence-electron chi connectivity index (χ4n) is 1.67. The van der Waals surface area contributed by atoms with E-state index in [1.165, 1.54) is 35.5 Å². The van der Waals surface area contributed by atoms with Crippen LogP contribution in [-0.2, 0) is 0 Å². The number of hydrogen-bond donors (Lipinski definition) is 2. The molecule has 100 valence electrons. The lowest BCUT2D eigenvalue weighted by Gasteiger charge is -1.99. The molecule has 5 nitrogen and oxygen atoms in total. The fraction of sp³-hybridized carbons (Fsp3) is 0.417. The number of nitrogens with one attached hydrogen (secondary N) is 1. The quantitative estimate of drug-likeness (QED) is 0.908. The van der Waals surface area contributed by atoms with Gasteiger partial charge < -0.3 is 5.73 Å². The van der Waals surface area contributed by atoms with Crippen molar-refractivity contribution >= 4 is 33.7 Å². The normalized spacial score (nSPS) is 16.3. The van der Waals surface area contributed by atoms with Gasteiger partial charge in [0.25, 0.3) is 5.91 Å². The molecule has 3 N–H and O–H groups in total. The zero-order valence-corrected chi connectivity index (χ0v) is 12.1. The molecular formula is C12H14N4OS2. The van der Waals surface area contributed by atoms with Crippen molar-refractivity contribution in [1.82, 2.24) is 9.97 Å². The number of hydrogen-bond acceptors (Lipinski definition) is 6. The minimum atomic E-state index is -0.222. The Bertz CT molecular complexity index is 600. The molecule has 0 saturated heterocycles. The van der Waals surface area contributed by atoms with Gasteiger partial charge >= 0.3 is 0 Å². The number of nitrogens with two attached hydrogens (primary N) is 1. The first-order valence-corrected chi connectivity index (χ1v) is 7.87. The third-order valence-electron chi connectivity index (χ3n) is 2.88. The van der Waals surface area contributed by atoms with Gasteiger partial charge in [-0.25, -0.2) is 9.97 Å². The van der Waals surface area contributed by atoms with E-state index in [0.29, 0.717) is 16.7 Å². The summed E-state index contributed by atoms with van der Waals surface area (Å²) in [5.41, 5.74) is 7.22. The molecule has 1 saturated carbocycles. The summed E-state index contributed by atoms with van der Waals surface area (Å²) in [7, 11) is 0. The van der Waals surface area contributed by atoms with Crippen LogP contribution in [0.15, 0.2) is 10.8 Å². The molecule has 1 unspecified atom stereocenters. The third kappa shape index (κ3) is 2.83. The summed E-state index contributed by atoms with van der Waals surface area (Å²) in [4.78, 5) is 20.6. The maximum Gasteiger partial charge on any atom is 0.276 e. The molecule has 0 aliphatic heterocycles. The number of anilines is 1. The minimum Gasteiger partial charge on any atom is -0.322 e. The van der Waals surface area contributed by atoms with Crippen LogP contribution in [-0.4, -0.2) is 15.9 Å². The van der Waals surface area contributed by atoms with E-state index in [1.54, 1.807) is 5.38 Å². The van der Waals surface area contributed by atoms with Crippen LogP contribution < -0.4 is 11.1 Å². The van der Waals surface area contributed by atoms with Gasteiger partial charge in [0.05, 0.1) is 11.7 Å². The van der Waals surface area contributed by atoms with E-state index in [4.69, 9.17) is 5.73 Å². The van der Waals surface area contributed by atoms with Crippen molar-refractivity contribution in [3.63, 3.8) is 0 Å². The first-order valence-electron chi connectivity index (χ1n) is 6.11. The van der Waals surface area contributed by atoms with Crippen molar-refractivity contribution in [1.29, 1.82) is 0 Å². The molecule has 3 rings (SSSR count). The zero-order chi connectivity index (χ0) is 13.4. The lowest BCUT2D eigenvalue weighted by molar-refractivity contribution is 0.102. The molecule has 1 atom stereocenters. The van der Waals surface area contributed by atoms with Crippen molar-refractivity contribution in [3.8, 4) is 0 Å². The van der Waals surface area contributed by atoms with Gasteiger partial charge in [0, 0.05) is 16.7 Å². The first kappa shape index (κ1) is 12.7. The van der Waals surface area contributed by atoms with Gasteiger partial charge in [-0.1, -0.05) is 0 Å². The topological polar surface area (TPSA) is 80.9 Å².